The fourth-order valence-corrected chi connectivity index (χ4v) is 1.79. The zero-order valence-electron chi connectivity index (χ0n) is 10.9. The minimum atomic E-state index is -0.817. The number of carbonyl (C=O) groups is 1. The normalized spacial score (nSPS) is 11.7. The van der Waals surface area contributed by atoms with Gasteiger partial charge in [0.2, 0.25) is 0 Å². The van der Waals surface area contributed by atoms with Crippen LogP contribution in [0.3, 0.4) is 0 Å². The van der Waals surface area contributed by atoms with E-state index in [1.807, 2.05) is 6.92 Å². The van der Waals surface area contributed by atoms with E-state index in [0.717, 1.165) is 18.9 Å². The quantitative estimate of drug-likeness (QED) is 0.445. The van der Waals surface area contributed by atoms with E-state index in [1.54, 1.807) is 0 Å². The summed E-state index contributed by atoms with van der Waals surface area (Å²) in [6.07, 6.45) is 2.82. The molecule has 1 unspecified atom stereocenters. The van der Waals surface area contributed by atoms with Gasteiger partial charge in [-0.15, -0.1) is 0 Å². The Morgan fingerprint density at radius 2 is 2.00 bits per heavy atom. The number of nitrogens with zero attached hydrogens (tertiary/aromatic N) is 2. The molecule has 0 aliphatic carbocycles. The lowest BCUT2D eigenvalue weighted by Gasteiger charge is -2.13. The molecule has 1 aromatic rings. The van der Waals surface area contributed by atoms with E-state index in [4.69, 9.17) is 0 Å². The lowest BCUT2D eigenvalue weighted by Crippen LogP contribution is -2.21. The monoisotopic (exact) mass is 281 g/mol. The first kappa shape index (κ1) is 15.5. The van der Waals surface area contributed by atoms with Crippen LogP contribution in [-0.2, 0) is 4.79 Å². The Labute approximate surface area is 115 Å². The summed E-state index contributed by atoms with van der Waals surface area (Å²) in [4.78, 5) is 31.1. The predicted molar refractivity (Wildman–Crippen MR) is 72.8 cm³/mol. The topological polar surface area (TPSA) is 115 Å². The van der Waals surface area contributed by atoms with Crippen LogP contribution in [0.2, 0.25) is 0 Å². The number of aldehydes is 1. The number of nitro groups is 2. The molecule has 8 heteroatoms. The smallest absolute Gasteiger partial charge is 0.368 e. The average molecular weight is 281 g/mol. The van der Waals surface area contributed by atoms with Gasteiger partial charge in [0, 0.05) is 6.07 Å². The van der Waals surface area contributed by atoms with Crippen molar-refractivity contribution in [2.24, 2.45) is 0 Å². The summed E-state index contributed by atoms with van der Waals surface area (Å²) in [7, 11) is 0. The molecular formula is C12H15N3O5. The fraction of sp³-hybridized carbons (Fsp3) is 0.417. The molecule has 1 rings (SSSR count). The van der Waals surface area contributed by atoms with Gasteiger partial charge in [-0.25, -0.2) is 0 Å². The zero-order chi connectivity index (χ0) is 15.1. The molecule has 0 radical (unpaired) electrons. The van der Waals surface area contributed by atoms with Crippen LogP contribution in [-0.4, -0.2) is 22.2 Å². The molecule has 108 valence electrons. The van der Waals surface area contributed by atoms with Crippen molar-refractivity contribution in [1.82, 2.24) is 0 Å². The Hall–Kier alpha value is -2.51. The van der Waals surface area contributed by atoms with Gasteiger partial charge in [0.1, 0.15) is 12.0 Å². The summed E-state index contributed by atoms with van der Waals surface area (Å²) in [5, 5.41) is 24.5. The van der Waals surface area contributed by atoms with Crippen LogP contribution < -0.4 is 5.32 Å². The van der Waals surface area contributed by atoms with E-state index < -0.39 is 27.3 Å². The van der Waals surface area contributed by atoms with Crippen molar-refractivity contribution in [2.75, 3.05) is 5.32 Å². The lowest BCUT2D eigenvalue weighted by atomic mass is 10.1. The van der Waals surface area contributed by atoms with Crippen LogP contribution in [0.1, 0.15) is 26.2 Å². The number of hydrogen-bond acceptors (Lipinski definition) is 6. The van der Waals surface area contributed by atoms with Crippen molar-refractivity contribution < 1.29 is 14.6 Å². The van der Waals surface area contributed by atoms with Crippen LogP contribution in [0.4, 0.5) is 17.1 Å². The Kier molecular flexibility index (Phi) is 5.57. The summed E-state index contributed by atoms with van der Waals surface area (Å²) < 4.78 is 0. The van der Waals surface area contributed by atoms with Crippen molar-refractivity contribution >= 4 is 23.3 Å². The maximum Gasteiger partial charge on any atom is 0.368 e. The minimum Gasteiger partial charge on any atom is -0.370 e. The van der Waals surface area contributed by atoms with Gasteiger partial charge < -0.3 is 10.1 Å². The molecule has 0 spiro atoms. The molecule has 1 atom stereocenters. The second-order valence-corrected chi connectivity index (χ2v) is 4.22. The number of anilines is 1. The van der Waals surface area contributed by atoms with Crippen molar-refractivity contribution in [1.29, 1.82) is 0 Å². The Balaban J connectivity index is 3.10. The first-order valence-electron chi connectivity index (χ1n) is 6.14. The number of carbonyl (C=O) groups excluding carboxylic acids is 1. The van der Waals surface area contributed by atoms with Crippen molar-refractivity contribution in [2.45, 2.75) is 32.2 Å². The third-order valence-electron chi connectivity index (χ3n) is 2.77. The molecule has 1 N–H and O–H groups in total. The van der Waals surface area contributed by atoms with Crippen molar-refractivity contribution in [3.63, 3.8) is 0 Å². The highest BCUT2D eigenvalue weighted by Gasteiger charge is 2.28. The molecule has 0 aliphatic heterocycles. The van der Waals surface area contributed by atoms with Gasteiger partial charge in [-0.05, 0) is 12.5 Å². The number of rotatable bonds is 8. The summed E-state index contributed by atoms with van der Waals surface area (Å²) in [6.45, 7) is 1.96. The maximum absolute atomic E-state index is 11.0. The van der Waals surface area contributed by atoms with Gasteiger partial charge in [-0.2, -0.15) is 0 Å². The minimum absolute atomic E-state index is 0.0163. The van der Waals surface area contributed by atoms with Crippen LogP contribution >= 0.6 is 0 Å². The fourth-order valence-electron chi connectivity index (χ4n) is 1.79. The van der Waals surface area contributed by atoms with E-state index in [9.17, 15) is 25.0 Å². The van der Waals surface area contributed by atoms with E-state index >= 15 is 0 Å². The standard InChI is InChI=1S/C12H15N3O5/c1-2-3-5-9(8-16)13-10-6-4-7-11(14(17)18)12(10)15(19)20/h4,6-9,13H,2-3,5H2,1H3. The Morgan fingerprint density at radius 1 is 1.30 bits per heavy atom. The molecule has 0 fully saturated rings. The van der Waals surface area contributed by atoms with Crippen LogP contribution in [0.25, 0.3) is 0 Å². The predicted octanol–water partition coefficient (Wildman–Crippen LogP) is 2.67. The Bertz CT molecular complexity index is 518. The third kappa shape index (κ3) is 3.74. The molecule has 0 bridgehead atoms. The highest BCUT2D eigenvalue weighted by molar-refractivity contribution is 5.75. The van der Waals surface area contributed by atoms with Crippen LogP contribution in [0, 0.1) is 20.2 Å². The second kappa shape index (κ2) is 7.17. The van der Waals surface area contributed by atoms with Crippen molar-refractivity contribution in [3.8, 4) is 0 Å². The number of para-hydroxylation sites is 1. The number of nitrogens with one attached hydrogen (secondary N) is 1. The molecule has 0 saturated heterocycles. The molecule has 0 aliphatic rings. The van der Waals surface area contributed by atoms with Gasteiger partial charge in [0.05, 0.1) is 15.9 Å². The molecular weight excluding hydrogens is 266 g/mol. The highest BCUT2D eigenvalue weighted by Crippen LogP contribution is 2.34. The van der Waals surface area contributed by atoms with Crippen LogP contribution in [0.15, 0.2) is 18.2 Å². The number of unbranched alkanes of at least 4 members (excludes halogenated alkanes) is 1. The number of nitro benzene ring substituents is 2. The highest BCUT2D eigenvalue weighted by atomic mass is 16.6. The largest absolute Gasteiger partial charge is 0.370 e. The molecule has 0 aromatic heterocycles. The zero-order valence-corrected chi connectivity index (χ0v) is 10.9. The van der Waals surface area contributed by atoms with E-state index in [0.29, 0.717) is 12.7 Å². The Morgan fingerprint density at radius 3 is 2.50 bits per heavy atom. The van der Waals surface area contributed by atoms with E-state index in [1.165, 1.54) is 12.1 Å². The molecule has 8 nitrogen and oxygen atoms in total. The molecule has 0 heterocycles. The van der Waals surface area contributed by atoms with E-state index in [2.05, 4.69) is 5.32 Å². The summed E-state index contributed by atoms with van der Waals surface area (Å²) in [5.41, 5.74) is -1.24. The SMILES string of the molecule is CCCCC(C=O)Nc1cccc([N+](=O)[O-])c1[N+](=O)[O-]. The lowest BCUT2D eigenvalue weighted by molar-refractivity contribution is -0.421. The first-order chi connectivity index (χ1) is 9.51. The molecule has 0 saturated carbocycles. The third-order valence-corrected chi connectivity index (χ3v) is 2.77. The average Bonchev–Trinajstić information content (AvgIpc) is 2.42. The molecule has 0 amide bonds. The number of hydrogen-bond donors (Lipinski definition) is 1. The van der Waals surface area contributed by atoms with Gasteiger partial charge in [0.15, 0.2) is 0 Å². The summed E-state index contributed by atoms with van der Waals surface area (Å²) in [5.74, 6) is 0. The summed E-state index contributed by atoms with van der Waals surface area (Å²) >= 11 is 0. The van der Waals surface area contributed by atoms with Gasteiger partial charge >= 0.3 is 11.4 Å². The molecule has 1 aromatic carbocycles. The second-order valence-electron chi connectivity index (χ2n) is 4.22. The van der Waals surface area contributed by atoms with Gasteiger partial charge in [-0.3, -0.25) is 20.2 Å². The summed E-state index contributed by atoms with van der Waals surface area (Å²) in [6, 6.07) is 3.16. The van der Waals surface area contributed by atoms with Gasteiger partial charge in [-0.1, -0.05) is 25.8 Å². The van der Waals surface area contributed by atoms with Gasteiger partial charge in [0.25, 0.3) is 0 Å². The van der Waals surface area contributed by atoms with Crippen LogP contribution in [0.5, 0.6) is 0 Å². The maximum atomic E-state index is 11.0. The molecule has 20 heavy (non-hydrogen) atoms. The van der Waals surface area contributed by atoms with E-state index in [-0.39, 0.29) is 5.69 Å². The van der Waals surface area contributed by atoms with Crippen molar-refractivity contribution in [3.05, 3.63) is 38.4 Å². The first-order valence-corrected chi connectivity index (χ1v) is 6.14. The number of benzene rings is 1.